The molecular formula is C13H24N2O4. The summed E-state index contributed by atoms with van der Waals surface area (Å²) in [4.78, 5) is 26.3. The molecule has 1 rings (SSSR count). The van der Waals surface area contributed by atoms with Crippen molar-refractivity contribution in [3.05, 3.63) is 0 Å². The monoisotopic (exact) mass is 272 g/mol. The van der Waals surface area contributed by atoms with Gasteiger partial charge < -0.3 is 19.3 Å². The van der Waals surface area contributed by atoms with Crippen molar-refractivity contribution in [2.75, 3.05) is 33.3 Å². The van der Waals surface area contributed by atoms with Crippen LogP contribution in [0.2, 0.25) is 0 Å². The Hall–Kier alpha value is -1.46. The third kappa shape index (κ3) is 5.81. The topological polar surface area (TPSA) is 59.1 Å². The Labute approximate surface area is 114 Å². The van der Waals surface area contributed by atoms with Gasteiger partial charge in [-0.05, 0) is 33.6 Å². The highest BCUT2D eigenvalue weighted by atomic mass is 16.6. The number of carbonyl (C=O) groups excluding carboxylic acids is 2. The van der Waals surface area contributed by atoms with E-state index in [-0.39, 0.29) is 12.7 Å². The molecule has 0 N–H and O–H groups in total. The smallest absolute Gasteiger partial charge is 0.410 e. The number of carbonyl (C=O) groups is 2. The zero-order valence-corrected chi connectivity index (χ0v) is 12.3. The number of amides is 2. The lowest BCUT2D eigenvalue weighted by Gasteiger charge is -2.24. The van der Waals surface area contributed by atoms with Gasteiger partial charge in [-0.25, -0.2) is 9.59 Å². The van der Waals surface area contributed by atoms with Gasteiger partial charge in [0.25, 0.3) is 0 Å². The van der Waals surface area contributed by atoms with Gasteiger partial charge in [-0.1, -0.05) is 0 Å². The van der Waals surface area contributed by atoms with E-state index in [4.69, 9.17) is 9.47 Å². The van der Waals surface area contributed by atoms with E-state index in [1.807, 2.05) is 20.8 Å². The summed E-state index contributed by atoms with van der Waals surface area (Å²) < 4.78 is 10.3. The van der Waals surface area contributed by atoms with E-state index in [9.17, 15) is 9.59 Å². The number of nitrogens with zero attached hydrogens (tertiary/aromatic N) is 2. The number of rotatable bonds is 3. The highest BCUT2D eigenvalue weighted by Crippen LogP contribution is 2.10. The predicted molar refractivity (Wildman–Crippen MR) is 71.0 cm³/mol. The summed E-state index contributed by atoms with van der Waals surface area (Å²) in [5.74, 6) is 0. The number of likely N-dealkylation sites (tertiary alicyclic amines) is 1. The Kier molecular flexibility index (Phi) is 5.44. The van der Waals surface area contributed by atoms with Gasteiger partial charge in [-0.2, -0.15) is 0 Å². The van der Waals surface area contributed by atoms with Crippen LogP contribution in [0.25, 0.3) is 0 Å². The summed E-state index contributed by atoms with van der Waals surface area (Å²) in [5.41, 5.74) is -0.516. The third-order valence-corrected chi connectivity index (χ3v) is 2.72. The van der Waals surface area contributed by atoms with Gasteiger partial charge in [-0.3, -0.25) is 0 Å². The fraction of sp³-hybridized carbons (Fsp3) is 0.846. The molecule has 110 valence electrons. The maximum Gasteiger partial charge on any atom is 0.410 e. The molecule has 0 aliphatic carbocycles. The molecular weight excluding hydrogens is 248 g/mol. The molecule has 0 bridgehead atoms. The van der Waals surface area contributed by atoms with Gasteiger partial charge >= 0.3 is 12.2 Å². The second-order valence-electron chi connectivity index (χ2n) is 5.71. The van der Waals surface area contributed by atoms with Crippen molar-refractivity contribution >= 4 is 12.2 Å². The van der Waals surface area contributed by atoms with E-state index in [0.717, 1.165) is 25.9 Å². The van der Waals surface area contributed by atoms with Crippen LogP contribution in [-0.4, -0.2) is 60.9 Å². The minimum absolute atomic E-state index is 0.186. The summed E-state index contributed by atoms with van der Waals surface area (Å²) in [7, 11) is 1.62. The lowest BCUT2D eigenvalue weighted by molar-refractivity contribution is 0.0250. The van der Waals surface area contributed by atoms with Crippen molar-refractivity contribution in [1.82, 2.24) is 9.80 Å². The highest BCUT2D eigenvalue weighted by Gasteiger charge is 2.21. The molecule has 0 aromatic carbocycles. The third-order valence-electron chi connectivity index (χ3n) is 2.72. The summed E-state index contributed by atoms with van der Waals surface area (Å²) >= 11 is 0. The summed E-state index contributed by atoms with van der Waals surface area (Å²) in [6.07, 6.45) is 1.36. The average molecular weight is 272 g/mol. The van der Waals surface area contributed by atoms with E-state index in [1.165, 1.54) is 4.90 Å². The van der Waals surface area contributed by atoms with Crippen molar-refractivity contribution in [1.29, 1.82) is 0 Å². The van der Waals surface area contributed by atoms with Crippen molar-refractivity contribution < 1.29 is 19.1 Å². The van der Waals surface area contributed by atoms with E-state index in [0.29, 0.717) is 6.54 Å². The molecule has 1 heterocycles. The molecule has 1 aliphatic rings. The van der Waals surface area contributed by atoms with Crippen LogP contribution in [0.3, 0.4) is 0 Å². The van der Waals surface area contributed by atoms with Gasteiger partial charge in [0.05, 0.1) is 6.54 Å². The van der Waals surface area contributed by atoms with Crippen LogP contribution in [-0.2, 0) is 9.47 Å². The molecule has 1 fully saturated rings. The quantitative estimate of drug-likeness (QED) is 0.789. The number of likely N-dealkylation sites (N-methyl/N-ethyl adjacent to an activating group) is 1. The van der Waals surface area contributed by atoms with E-state index >= 15 is 0 Å². The molecule has 6 heteroatoms. The second kappa shape index (κ2) is 6.63. The van der Waals surface area contributed by atoms with E-state index in [2.05, 4.69) is 0 Å². The SMILES string of the molecule is CN(CCOC(=O)N1CCCC1)C(=O)OC(C)(C)C. The standard InChI is InChI=1S/C13H24N2O4/c1-13(2,3)19-11(16)14(4)9-10-18-12(17)15-7-5-6-8-15/h5-10H2,1-4H3. The minimum Gasteiger partial charge on any atom is -0.448 e. The number of hydrogen-bond acceptors (Lipinski definition) is 4. The molecule has 6 nitrogen and oxygen atoms in total. The van der Waals surface area contributed by atoms with Crippen molar-refractivity contribution in [2.24, 2.45) is 0 Å². The average Bonchev–Trinajstić information content (AvgIpc) is 2.79. The van der Waals surface area contributed by atoms with E-state index in [1.54, 1.807) is 11.9 Å². The lowest BCUT2D eigenvalue weighted by Crippen LogP contribution is -2.37. The minimum atomic E-state index is -0.516. The lowest BCUT2D eigenvalue weighted by atomic mass is 10.2. The molecule has 1 saturated heterocycles. The Morgan fingerprint density at radius 3 is 2.32 bits per heavy atom. The summed E-state index contributed by atoms with van der Waals surface area (Å²) in [6.45, 7) is 7.48. The normalized spacial score (nSPS) is 15.3. The molecule has 0 aromatic heterocycles. The largest absolute Gasteiger partial charge is 0.448 e. The molecule has 0 spiro atoms. The fourth-order valence-electron chi connectivity index (χ4n) is 1.69. The Morgan fingerprint density at radius 2 is 1.79 bits per heavy atom. The van der Waals surface area contributed by atoms with Crippen LogP contribution in [0.1, 0.15) is 33.6 Å². The zero-order valence-electron chi connectivity index (χ0n) is 12.3. The maximum absolute atomic E-state index is 11.6. The van der Waals surface area contributed by atoms with Gasteiger partial charge in [0.15, 0.2) is 0 Å². The Bertz CT molecular complexity index is 319. The molecule has 0 saturated carbocycles. The van der Waals surface area contributed by atoms with Crippen LogP contribution < -0.4 is 0 Å². The molecule has 0 atom stereocenters. The fourth-order valence-corrected chi connectivity index (χ4v) is 1.69. The molecule has 0 unspecified atom stereocenters. The predicted octanol–water partition coefficient (Wildman–Crippen LogP) is 2.09. The number of ether oxygens (including phenoxy) is 2. The maximum atomic E-state index is 11.6. The Balaban J connectivity index is 2.21. The highest BCUT2D eigenvalue weighted by molar-refractivity contribution is 5.68. The van der Waals surface area contributed by atoms with Gasteiger partial charge in [0.2, 0.25) is 0 Å². The molecule has 19 heavy (non-hydrogen) atoms. The van der Waals surface area contributed by atoms with Crippen molar-refractivity contribution in [2.45, 2.75) is 39.2 Å². The number of hydrogen-bond donors (Lipinski definition) is 0. The van der Waals surface area contributed by atoms with Gasteiger partial charge in [0.1, 0.15) is 12.2 Å². The summed E-state index contributed by atoms with van der Waals surface area (Å²) in [6, 6.07) is 0. The molecule has 1 aliphatic heterocycles. The summed E-state index contributed by atoms with van der Waals surface area (Å²) in [5, 5.41) is 0. The molecule has 0 radical (unpaired) electrons. The van der Waals surface area contributed by atoms with E-state index < -0.39 is 11.7 Å². The van der Waals surface area contributed by atoms with Crippen LogP contribution >= 0.6 is 0 Å². The van der Waals surface area contributed by atoms with Crippen molar-refractivity contribution in [3.8, 4) is 0 Å². The first-order valence-corrected chi connectivity index (χ1v) is 6.65. The second-order valence-corrected chi connectivity index (χ2v) is 5.71. The van der Waals surface area contributed by atoms with Crippen molar-refractivity contribution in [3.63, 3.8) is 0 Å². The molecule has 0 aromatic rings. The van der Waals surface area contributed by atoms with Gasteiger partial charge in [0, 0.05) is 20.1 Å². The van der Waals surface area contributed by atoms with Crippen LogP contribution in [0.15, 0.2) is 0 Å². The molecule has 2 amide bonds. The van der Waals surface area contributed by atoms with Crippen LogP contribution in [0.5, 0.6) is 0 Å². The Morgan fingerprint density at radius 1 is 1.21 bits per heavy atom. The first kappa shape index (κ1) is 15.6. The van der Waals surface area contributed by atoms with Crippen LogP contribution in [0, 0.1) is 0 Å². The van der Waals surface area contributed by atoms with Gasteiger partial charge in [-0.15, -0.1) is 0 Å². The van der Waals surface area contributed by atoms with Crippen LogP contribution in [0.4, 0.5) is 9.59 Å². The zero-order chi connectivity index (χ0) is 14.5. The first-order valence-electron chi connectivity index (χ1n) is 6.65. The first-order chi connectivity index (χ1) is 8.79.